The predicted molar refractivity (Wildman–Crippen MR) is 80.7 cm³/mol. The molecule has 0 saturated carbocycles. The average Bonchev–Trinajstić information content (AvgIpc) is 2.43. The zero-order chi connectivity index (χ0) is 14.7. The third kappa shape index (κ3) is 3.19. The Morgan fingerprint density at radius 3 is 2.80 bits per heavy atom. The summed E-state index contributed by atoms with van der Waals surface area (Å²) < 4.78 is 0. The van der Waals surface area contributed by atoms with Crippen LogP contribution in [0, 0.1) is 0 Å². The van der Waals surface area contributed by atoms with Gasteiger partial charge in [0, 0.05) is 24.3 Å². The molecule has 2 rings (SSSR count). The summed E-state index contributed by atoms with van der Waals surface area (Å²) in [5, 5.41) is 0.636. The van der Waals surface area contributed by atoms with E-state index in [0.717, 1.165) is 5.56 Å². The van der Waals surface area contributed by atoms with Crippen LogP contribution >= 0.6 is 11.6 Å². The fourth-order valence-electron chi connectivity index (χ4n) is 1.83. The Hall–Kier alpha value is -2.27. The van der Waals surface area contributed by atoms with Crippen molar-refractivity contribution < 1.29 is 4.79 Å². The smallest absolute Gasteiger partial charge is 0.267 e. The van der Waals surface area contributed by atoms with Crippen LogP contribution in [0.5, 0.6) is 0 Å². The van der Waals surface area contributed by atoms with Crippen molar-refractivity contribution in [2.24, 2.45) is 5.73 Å². The Morgan fingerprint density at radius 2 is 2.10 bits per heavy atom. The molecule has 0 radical (unpaired) electrons. The number of hydrogen-bond donors (Lipinski definition) is 2. The highest BCUT2D eigenvalue weighted by Crippen LogP contribution is 2.22. The maximum atomic E-state index is 11.1. The highest BCUT2D eigenvalue weighted by atomic mass is 35.5. The monoisotopic (exact) mass is 290 g/mol. The molecule has 0 spiro atoms. The van der Waals surface area contributed by atoms with Crippen LogP contribution in [0.25, 0.3) is 0 Å². The largest absolute Gasteiger partial charge is 0.399 e. The quantitative estimate of drug-likeness (QED) is 0.844. The molecule has 0 bridgehead atoms. The number of anilines is 2. The summed E-state index contributed by atoms with van der Waals surface area (Å²) in [7, 11) is 1.85. The summed E-state index contributed by atoms with van der Waals surface area (Å²) in [6, 6.07) is 10.4. The number of primary amides is 1. The lowest BCUT2D eigenvalue weighted by Crippen LogP contribution is -2.20. The fraction of sp³-hybridized carbons (Fsp3) is 0.143. The molecule has 0 aliphatic carbocycles. The van der Waals surface area contributed by atoms with E-state index in [-0.39, 0.29) is 5.69 Å². The first-order valence-electron chi connectivity index (χ1n) is 5.99. The molecule has 1 heterocycles. The van der Waals surface area contributed by atoms with Crippen LogP contribution in [0.3, 0.4) is 0 Å². The van der Waals surface area contributed by atoms with E-state index < -0.39 is 5.91 Å². The van der Waals surface area contributed by atoms with Crippen molar-refractivity contribution in [3.05, 3.63) is 52.7 Å². The topological polar surface area (TPSA) is 85.2 Å². The second kappa shape index (κ2) is 5.79. The number of pyridine rings is 1. The van der Waals surface area contributed by atoms with E-state index in [1.165, 1.54) is 0 Å². The summed E-state index contributed by atoms with van der Waals surface area (Å²) >= 11 is 6.13. The number of nitrogens with zero attached hydrogens (tertiary/aromatic N) is 2. The SMILES string of the molecule is CN(Cc1cc(N)ccc1Cl)c1cccc(C(N)=O)n1. The number of carbonyl (C=O) groups excluding carboxylic acids is 1. The molecule has 5 nitrogen and oxygen atoms in total. The van der Waals surface area contributed by atoms with Crippen LogP contribution in [-0.2, 0) is 6.54 Å². The lowest BCUT2D eigenvalue weighted by Gasteiger charge is -2.19. The average molecular weight is 291 g/mol. The van der Waals surface area contributed by atoms with Gasteiger partial charge < -0.3 is 16.4 Å². The summed E-state index contributed by atoms with van der Waals surface area (Å²) in [4.78, 5) is 17.2. The molecule has 0 atom stereocenters. The van der Waals surface area contributed by atoms with Gasteiger partial charge in [-0.2, -0.15) is 0 Å². The van der Waals surface area contributed by atoms with E-state index in [4.69, 9.17) is 23.1 Å². The molecule has 0 aliphatic heterocycles. The maximum Gasteiger partial charge on any atom is 0.267 e. The summed E-state index contributed by atoms with van der Waals surface area (Å²) in [6.45, 7) is 0.527. The minimum Gasteiger partial charge on any atom is -0.399 e. The Balaban J connectivity index is 2.23. The van der Waals surface area contributed by atoms with Gasteiger partial charge in [0.05, 0.1) is 0 Å². The second-order valence-electron chi connectivity index (χ2n) is 4.45. The van der Waals surface area contributed by atoms with Crippen LogP contribution in [0.2, 0.25) is 5.02 Å². The van der Waals surface area contributed by atoms with Crippen LogP contribution < -0.4 is 16.4 Å². The van der Waals surface area contributed by atoms with Gasteiger partial charge in [-0.3, -0.25) is 4.79 Å². The molecule has 1 aromatic carbocycles. The zero-order valence-corrected chi connectivity index (χ0v) is 11.8. The van der Waals surface area contributed by atoms with Gasteiger partial charge in [-0.15, -0.1) is 0 Å². The van der Waals surface area contributed by atoms with Gasteiger partial charge in [-0.05, 0) is 35.9 Å². The van der Waals surface area contributed by atoms with Crippen molar-refractivity contribution in [3.63, 3.8) is 0 Å². The number of nitrogens with two attached hydrogens (primary N) is 2. The second-order valence-corrected chi connectivity index (χ2v) is 4.86. The van der Waals surface area contributed by atoms with E-state index in [2.05, 4.69) is 4.98 Å². The number of amides is 1. The lowest BCUT2D eigenvalue weighted by atomic mass is 10.2. The fourth-order valence-corrected chi connectivity index (χ4v) is 2.00. The first-order chi connectivity index (χ1) is 9.47. The maximum absolute atomic E-state index is 11.1. The van der Waals surface area contributed by atoms with Gasteiger partial charge >= 0.3 is 0 Å². The lowest BCUT2D eigenvalue weighted by molar-refractivity contribution is 0.0995. The minimum atomic E-state index is -0.553. The van der Waals surface area contributed by atoms with E-state index in [0.29, 0.717) is 23.1 Å². The molecule has 4 N–H and O–H groups in total. The molecule has 104 valence electrons. The third-order valence-corrected chi connectivity index (χ3v) is 3.22. The standard InChI is InChI=1S/C14H15ClN4O/c1-19(8-9-7-10(16)5-6-11(9)15)13-4-2-3-12(18-13)14(17)20/h2-7H,8,16H2,1H3,(H2,17,20). The zero-order valence-electron chi connectivity index (χ0n) is 11.0. The van der Waals surface area contributed by atoms with Crippen LogP contribution in [0.1, 0.15) is 16.1 Å². The molecule has 0 saturated heterocycles. The van der Waals surface area contributed by atoms with Crippen molar-refractivity contribution in [1.29, 1.82) is 0 Å². The molecule has 0 fully saturated rings. The van der Waals surface area contributed by atoms with Crippen LogP contribution in [0.15, 0.2) is 36.4 Å². The third-order valence-electron chi connectivity index (χ3n) is 2.86. The molecule has 1 amide bonds. The Kier molecular flexibility index (Phi) is 4.10. The molecule has 20 heavy (non-hydrogen) atoms. The summed E-state index contributed by atoms with van der Waals surface area (Å²) in [5.41, 5.74) is 12.7. The first kappa shape index (κ1) is 14.1. The molecule has 0 aliphatic rings. The Bertz CT molecular complexity index is 645. The Labute approximate surface area is 122 Å². The van der Waals surface area contributed by atoms with Crippen molar-refractivity contribution in [2.75, 3.05) is 17.7 Å². The molecule has 1 aromatic heterocycles. The molecular formula is C14H15ClN4O. The number of aromatic nitrogens is 1. The molecule has 2 aromatic rings. The van der Waals surface area contributed by atoms with Crippen molar-refractivity contribution in [3.8, 4) is 0 Å². The van der Waals surface area contributed by atoms with Gasteiger partial charge in [0.1, 0.15) is 11.5 Å². The van der Waals surface area contributed by atoms with E-state index >= 15 is 0 Å². The van der Waals surface area contributed by atoms with Gasteiger partial charge in [-0.25, -0.2) is 4.98 Å². The number of hydrogen-bond acceptors (Lipinski definition) is 4. The number of nitrogen functional groups attached to an aromatic ring is 1. The molecule has 6 heteroatoms. The van der Waals surface area contributed by atoms with Gasteiger partial charge in [-0.1, -0.05) is 17.7 Å². The highest BCUT2D eigenvalue weighted by molar-refractivity contribution is 6.31. The predicted octanol–water partition coefficient (Wildman–Crippen LogP) is 2.05. The van der Waals surface area contributed by atoms with Crippen molar-refractivity contribution in [1.82, 2.24) is 4.98 Å². The summed E-state index contributed by atoms with van der Waals surface area (Å²) in [6.07, 6.45) is 0. The van der Waals surface area contributed by atoms with Gasteiger partial charge in [0.2, 0.25) is 0 Å². The van der Waals surface area contributed by atoms with Crippen LogP contribution in [0.4, 0.5) is 11.5 Å². The first-order valence-corrected chi connectivity index (χ1v) is 6.37. The molecular weight excluding hydrogens is 276 g/mol. The van der Waals surface area contributed by atoms with Crippen LogP contribution in [-0.4, -0.2) is 17.9 Å². The summed E-state index contributed by atoms with van der Waals surface area (Å²) in [5.74, 6) is 0.0852. The highest BCUT2D eigenvalue weighted by Gasteiger charge is 2.09. The minimum absolute atomic E-state index is 0.230. The van der Waals surface area contributed by atoms with Gasteiger partial charge in [0.15, 0.2) is 0 Å². The van der Waals surface area contributed by atoms with E-state index in [1.807, 2.05) is 18.0 Å². The van der Waals surface area contributed by atoms with E-state index in [1.54, 1.807) is 30.3 Å². The number of halogens is 1. The van der Waals surface area contributed by atoms with Crippen molar-refractivity contribution >= 4 is 29.0 Å². The normalized spacial score (nSPS) is 10.3. The number of carbonyl (C=O) groups is 1. The van der Waals surface area contributed by atoms with Gasteiger partial charge in [0.25, 0.3) is 5.91 Å². The molecule has 0 unspecified atom stereocenters. The van der Waals surface area contributed by atoms with Crippen molar-refractivity contribution in [2.45, 2.75) is 6.54 Å². The van der Waals surface area contributed by atoms with E-state index in [9.17, 15) is 4.79 Å². The number of benzene rings is 1. The number of rotatable bonds is 4. The Morgan fingerprint density at radius 1 is 1.35 bits per heavy atom.